The molecule has 0 aromatic heterocycles. The van der Waals surface area contributed by atoms with Crippen LogP contribution in [-0.4, -0.2) is 25.0 Å². The van der Waals surface area contributed by atoms with Crippen molar-refractivity contribution in [3.63, 3.8) is 0 Å². The predicted octanol–water partition coefficient (Wildman–Crippen LogP) is 3.72. The molecule has 1 amide bonds. The van der Waals surface area contributed by atoms with Crippen LogP contribution >= 0.6 is 0 Å². The Hall–Kier alpha value is -2.91. The minimum atomic E-state index is -0.0193. The molecule has 0 spiro atoms. The molecular weight excluding hydrogens is 320 g/mol. The summed E-state index contributed by atoms with van der Waals surface area (Å²) < 4.78 is 0. The smallest absolute Gasteiger partial charge is 0.251 e. The van der Waals surface area contributed by atoms with Crippen molar-refractivity contribution < 1.29 is 4.79 Å². The van der Waals surface area contributed by atoms with E-state index in [4.69, 9.17) is 0 Å². The minimum absolute atomic E-state index is 0.0193. The summed E-state index contributed by atoms with van der Waals surface area (Å²) in [7, 11) is 0. The first-order chi connectivity index (χ1) is 12.8. The van der Waals surface area contributed by atoms with Crippen LogP contribution in [0.4, 0.5) is 0 Å². The van der Waals surface area contributed by atoms with Gasteiger partial charge in [0.25, 0.3) is 5.91 Å². The van der Waals surface area contributed by atoms with Crippen molar-refractivity contribution in [3.05, 3.63) is 102 Å². The maximum absolute atomic E-state index is 12.4. The van der Waals surface area contributed by atoms with Gasteiger partial charge in [-0.05, 0) is 36.3 Å². The van der Waals surface area contributed by atoms with Crippen molar-refractivity contribution >= 4 is 11.5 Å². The Labute approximate surface area is 155 Å². The van der Waals surface area contributed by atoms with Crippen molar-refractivity contribution in [2.24, 2.45) is 0 Å². The fraction of sp³-hybridized carbons (Fsp3) is 0.174. The van der Waals surface area contributed by atoms with Gasteiger partial charge in [0.1, 0.15) is 0 Å². The van der Waals surface area contributed by atoms with E-state index in [1.807, 2.05) is 78.9 Å². The van der Waals surface area contributed by atoms with Crippen LogP contribution in [0.15, 0.2) is 96.6 Å². The minimum Gasteiger partial charge on any atom is -0.348 e. The number of allylic oxidation sites excluding steroid dienone is 6. The van der Waals surface area contributed by atoms with Gasteiger partial charge in [-0.2, -0.15) is 0 Å². The van der Waals surface area contributed by atoms with Gasteiger partial charge in [-0.15, -0.1) is 0 Å². The molecule has 1 heterocycles. The predicted molar refractivity (Wildman–Crippen MR) is 108 cm³/mol. The summed E-state index contributed by atoms with van der Waals surface area (Å²) in [5, 5.41) is 6.34. The first-order valence-corrected chi connectivity index (χ1v) is 9.00. The van der Waals surface area contributed by atoms with Crippen LogP contribution in [0.3, 0.4) is 0 Å². The number of rotatable bonds is 3. The molecule has 1 aromatic carbocycles. The van der Waals surface area contributed by atoms with Crippen LogP contribution in [0.5, 0.6) is 0 Å². The highest BCUT2D eigenvalue weighted by molar-refractivity contribution is 5.97. The van der Waals surface area contributed by atoms with Gasteiger partial charge in [-0.25, -0.2) is 0 Å². The van der Waals surface area contributed by atoms with Crippen LogP contribution < -0.4 is 10.6 Å². The van der Waals surface area contributed by atoms with E-state index >= 15 is 0 Å². The van der Waals surface area contributed by atoms with E-state index in [1.54, 1.807) is 0 Å². The monoisotopic (exact) mass is 344 g/mol. The van der Waals surface area contributed by atoms with E-state index in [0.717, 1.165) is 30.6 Å². The van der Waals surface area contributed by atoms with E-state index in [-0.39, 0.29) is 11.9 Å². The van der Waals surface area contributed by atoms with Crippen molar-refractivity contribution in [2.75, 3.05) is 13.1 Å². The lowest BCUT2D eigenvalue weighted by Gasteiger charge is -2.12. The van der Waals surface area contributed by atoms with E-state index in [2.05, 4.69) is 22.8 Å². The Morgan fingerprint density at radius 2 is 1.62 bits per heavy atom. The van der Waals surface area contributed by atoms with Crippen molar-refractivity contribution in [1.82, 2.24) is 10.6 Å². The number of carbonyl (C=O) groups is 1. The Balaban J connectivity index is 1.75. The number of carbonyl (C=O) groups excluding carboxylic acids is 1. The van der Waals surface area contributed by atoms with Crippen LogP contribution in [-0.2, 0) is 4.79 Å². The molecule has 0 bridgehead atoms. The quantitative estimate of drug-likeness (QED) is 0.877. The number of hydrogen-bond donors (Lipinski definition) is 2. The van der Waals surface area contributed by atoms with Crippen molar-refractivity contribution in [1.29, 1.82) is 0 Å². The Morgan fingerprint density at radius 1 is 0.923 bits per heavy atom. The first kappa shape index (κ1) is 17.9. The normalized spacial score (nSPS) is 22.1. The van der Waals surface area contributed by atoms with Gasteiger partial charge in [-0.3, -0.25) is 4.79 Å². The molecule has 0 saturated carbocycles. The maximum Gasteiger partial charge on any atom is 0.251 e. The van der Waals surface area contributed by atoms with Gasteiger partial charge >= 0.3 is 0 Å². The second kappa shape index (κ2) is 9.54. The summed E-state index contributed by atoms with van der Waals surface area (Å²) in [5.74, 6) is -0.0193. The largest absolute Gasteiger partial charge is 0.348 e. The number of nitrogens with one attached hydrogen (secondary N) is 2. The highest BCUT2D eigenvalue weighted by atomic mass is 16.1. The van der Waals surface area contributed by atoms with Crippen molar-refractivity contribution in [3.8, 4) is 0 Å². The highest BCUT2D eigenvalue weighted by Crippen LogP contribution is 2.17. The summed E-state index contributed by atoms with van der Waals surface area (Å²) in [6.45, 7) is 1.81. The Kier molecular flexibility index (Phi) is 6.57. The summed E-state index contributed by atoms with van der Waals surface area (Å²) >= 11 is 0. The van der Waals surface area contributed by atoms with Crippen LogP contribution in [0.2, 0.25) is 0 Å². The van der Waals surface area contributed by atoms with Gasteiger partial charge in [0, 0.05) is 18.2 Å². The van der Waals surface area contributed by atoms with Crippen LogP contribution in [0, 0.1) is 0 Å². The van der Waals surface area contributed by atoms with Gasteiger partial charge in [0.15, 0.2) is 0 Å². The van der Waals surface area contributed by atoms with E-state index in [1.165, 1.54) is 0 Å². The Morgan fingerprint density at radius 3 is 2.31 bits per heavy atom. The molecule has 1 atom stereocenters. The third kappa shape index (κ3) is 5.30. The molecule has 3 rings (SSSR count). The molecule has 1 aliphatic heterocycles. The highest BCUT2D eigenvalue weighted by Gasteiger charge is 2.17. The van der Waals surface area contributed by atoms with Crippen molar-refractivity contribution in [2.45, 2.75) is 12.5 Å². The summed E-state index contributed by atoms with van der Waals surface area (Å²) in [5.41, 5.74) is 2.88. The van der Waals surface area contributed by atoms with Gasteiger partial charge in [0.2, 0.25) is 0 Å². The molecule has 26 heavy (non-hydrogen) atoms. The second-order valence-corrected chi connectivity index (χ2v) is 6.26. The molecule has 3 heteroatoms. The first-order valence-electron chi connectivity index (χ1n) is 9.00. The summed E-state index contributed by atoms with van der Waals surface area (Å²) in [6, 6.07) is 18.4. The summed E-state index contributed by atoms with van der Waals surface area (Å²) in [6.07, 6.45) is 12.6. The molecule has 1 aliphatic carbocycles. The second-order valence-electron chi connectivity index (χ2n) is 6.26. The van der Waals surface area contributed by atoms with E-state index in [0.29, 0.717) is 5.57 Å². The Bertz CT molecular complexity index is 785. The number of amides is 1. The van der Waals surface area contributed by atoms with Crippen LogP contribution in [0.25, 0.3) is 5.57 Å². The fourth-order valence-electron chi connectivity index (χ4n) is 2.90. The SMILES string of the molecule is O=C(N[C@@H]1CCNC1)C1=C/C=C\C(c2ccccccccc2)=C/C=C1. The topological polar surface area (TPSA) is 41.1 Å². The zero-order chi connectivity index (χ0) is 18.0. The lowest BCUT2D eigenvalue weighted by Crippen LogP contribution is -2.36. The molecule has 132 valence electrons. The maximum atomic E-state index is 12.4. The number of hydrogen-bond acceptors (Lipinski definition) is 2. The van der Waals surface area contributed by atoms with E-state index < -0.39 is 0 Å². The standard InChI is InChI=1S/C23H24N2O/c26-23(25-22-16-17-24-18-22)21-14-8-12-20(13-9-15-21)19-10-6-4-2-1-3-5-7-11-19/h1-15,22,24H,16-18H2,(H,25,26)/b2-1?,3-1?,4-2?,5-3?,6-4?,7-5?,10-6?,11-7?,12-8-,13-9?,14-8?,15-9?,19-10?,19-11?,20-12?,20-13+,21-14?,21-15?/t22-/m1/s1. The molecule has 1 saturated heterocycles. The third-order valence-corrected chi connectivity index (χ3v) is 4.31. The lowest BCUT2D eigenvalue weighted by atomic mass is 10.0. The molecule has 2 N–H and O–H groups in total. The average molecular weight is 344 g/mol. The molecule has 2 aliphatic rings. The third-order valence-electron chi connectivity index (χ3n) is 4.31. The van der Waals surface area contributed by atoms with Gasteiger partial charge in [-0.1, -0.05) is 78.9 Å². The molecule has 0 radical (unpaired) electrons. The van der Waals surface area contributed by atoms with Crippen LogP contribution in [0.1, 0.15) is 12.0 Å². The van der Waals surface area contributed by atoms with Gasteiger partial charge in [0.05, 0.1) is 0 Å². The average Bonchev–Trinajstić information content (AvgIpc) is 3.12. The zero-order valence-electron chi connectivity index (χ0n) is 14.8. The molecular formula is C23H24N2O. The fourth-order valence-corrected chi connectivity index (χ4v) is 2.90. The molecule has 1 aromatic rings. The molecule has 3 nitrogen and oxygen atoms in total. The lowest BCUT2D eigenvalue weighted by molar-refractivity contribution is -0.117. The van der Waals surface area contributed by atoms with E-state index in [9.17, 15) is 4.79 Å². The molecule has 1 fully saturated rings. The van der Waals surface area contributed by atoms with Gasteiger partial charge < -0.3 is 10.6 Å². The summed E-state index contributed by atoms with van der Waals surface area (Å²) in [4.78, 5) is 12.4. The molecule has 0 unspecified atom stereocenters. The zero-order valence-corrected chi connectivity index (χ0v) is 14.8.